The minimum atomic E-state index is -0.403. The predicted molar refractivity (Wildman–Crippen MR) is 64.2 cm³/mol. The minimum absolute atomic E-state index is 0.316. The molecule has 0 radical (unpaired) electrons. The van der Waals surface area contributed by atoms with Gasteiger partial charge in [0, 0.05) is 19.3 Å². The Balaban J connectivity index is 1.85. The van der Waals surface area contributed by atoms with Gasteiger partial charge in [-0.3, -0.25) is 4.68 Å². The van der Waals surface area contributed by atoms with Crippen molar-refractivity contribution in [2.75, 3.05) is 11.9 Å². The first-order valence-corrected chi connectivity index (χ1v) is 5.57. The average Bonchev–Trinajstić information content (AvgIpc) is 2.89. The monoisotopic (exact) mass is 245 g/mol. The van der Waals surface area contributed by atoms with Crippen LogP contribution in [0.4, 0.5) is 10.1 Å². The van der Waals surface area contributed by atoms with Gasteiger partial charge in [0.15, 0.2) is 0 Å². The van der Waals surface area contributed by atoms with E-state index in [1.54, 1.807) is 23.1 Å². The van der Waals surface area contributed by atoms with E-state index in [2.05, 4.69) is 15.6 Å². The highest BCUT2D eigenvalue weighted by atomic mass is 19.1. The van der Waals surface area contributed by atoms with Gasteiger partial charge in [0.2, 0.25) is 0 Å². The van der Waals surface area contributed by atoms with Crippen molar-refractivity contribution in [2.45, 2.75) is 13.0 Å². The van der Waals surface area contributed by atoms with Crippen molar-refractivity contribution in [2.24, 2.45) is 0 Å². The van der Waals surface area contributed by atoms with Crippen molar-refractivity contribution in [3.8, 4) is 6.07 Å². The molecule has 5 nitrogen and oxygen atoms in total. The molecule has 0 fully saturated rings. The Kier molecular flexibility index (Phi) is 3.86. The lowest BCUT2D eigenvalue weighted by molar-refractivity contribution is 0.569. The molecule has 18 heavy (non-hydrogen) atoms. The number of benzene rings is 1. The van der Waals surface area contributed by atoms with Crippen LogP contribution in [0.25, 0.3) is 0 Å². The number of nitrogens with zero attached hydrogens (tertiary/aromatic N) is 4. The highest BCUT2D eigenvalue weighted by Gasteiger charge is 2.02. The third kappa shape index (κ3) is 3.04. The second-order valence-corrected chi connectivity index (χ2v) is 3.75. The molecule has 0 aliphatic rings. The molecule has 0 aliphatic heterocycles. The van der Waals surface area contributed by atoms with Crippen molar-refractivity contribution in [1.29, 1.82) is 5.26 Å². The van der Waals surface area contributed by atoms with Gasteiger partial charge < -0.3 is 5.32 Å². The van der Waals surface area contributed by atoms with E-state index in [4.69, 9.17) is 5.26 Å². The predicted octanol–water partition coefficient (Wildman–Crippen LogP) is 1.79. The summed E-state index contributed by atoms with van der Waals surface area (Å²) in [6.07, 6.45) is 4.26. The first-order valence-electron chi connectivity index (χ1n) is 5.57. The molecule has 0 spiro atoms. The first-order chi connectivity index (χ1) is 8.79. The molecule has 6 heteroatoms. The number of hydrogen-bond acceptors (Lipinski definition) is 4. The van der Waals surface area contributed by atoms with Gasteiger partial charge in [0.05, 0.1) is 17.4 Å². The van der Waals surface area contributed by atoms with Crippen LogP contribution < -0.4 is 5.32 Å². The number of hydrogen-bond donors (Lipinski definition) is 1. The molecule has 0 amide bonds. The van der Waals surface area contributed by atoms with Crippen LogP contribution in [0.3, 0.4) is 0 Å². The van der Waals surface area contributed by atoms with Crippen LogP contribution in [0, 0.1) is 17.1 Å². The molecule has 0 aliphatic carbocycles. The van der Waals surface area contributed by atoms with Crippen LogP contribution >= 0.6 is 0 Å². The van der Waals surface area contributed by atoms with Gasteiger partial charge in [-0.05, 0) is 24.6 Å². The second-order valence-electron chi connectivity index (χ2n) is 3.75. The fourth-order valence-corrected chi connectivity index (χ4v) is 1.58. The molecule has 1 aromatic carbocycles. The van der Waals surface area contributed by atoms with Crippen LogP contribution in [-0.2, 0) is 6.54 Å². The van der Waals surface area contributed by atoms with Crippen molar-refractivity contribution in [1.82, 2.24) is 15.0 Å². The molecule has 0 unspecified atom stereocenters. The second kappa shape index (κ2) is 5.77. The molecular weight excluding hydrogens is 233 g/mol. The fraction of sp³-hybridized carbons (Fsp3) is 0.250. The number of nitriles is 1. The Hall–Kier alpha value is -2.42. The smallest absolute Gasteiger partial charge is 0.124 e. The zero-order valence-electron chi connectivity index (χ0n) is 9.67. The van der Waals surface area contributed by atoms with E-state index < -0.39 is 5.82 Å². The summed E-state index contributed by atoms with van der Waals surface area (Å²) in [6, 6.07) is 6.09. The highest BCUT2D eigenvalue weighted by Crippen LogP contribution is 2.15. The van der Waals surface area contributed by atoms with Crippen LogP contribution in [-0.4, -0.2) is 21.5 Å². The first kappa shape index (κ1) is 12.0. The van der Waals surface area contributed by atoms with E-state index >= 15 is 0 Å². The lowest BCUT2D eigenvalue weighted by Gasteiger charge is -2.07. The maximum atomic E-state index is 12.9. The largest absolute Gasteiger partial charge is 0.384 e. The Bertz CT molecular complexity index is 544. The number of rotatable bonds is 5. The van der Waals surface area contributed by atoms with E-state index in [0.717, 1.165) is 13.0 Å². The summed E-state index contributed by atoms with van der Waals surface area (Å²) in [6.45, 7) is 1.43. The number of aryl methyl sites for hydroxylation is 1. The maximum absolute atomic E-state index is 12.9. The summed E-state index contributed by atoms with van der Waals surface area (Å²) < 4.78 is 14.6. The topological polar surface area (TPSA) is 66.5 Å². The number of halogens is 1. The molecular formula is C12H12FN5. The molecule has 1 N–H and O–H groups in total. The zero-order valence-corrected chi connectivity index (χ0v) is 9.67. The lowest BCUT2D eigenvalue weighted by atomic mass is 10.2. The molecule has 0 atom stereocenters. The summed E-state index contributed by atoms with van der Waals surface area (Å²) in [5.41, 5.74) is 0.966. The number of anilines is 1. The van der Waals surface area contributed by atoms with Crippen molar-refractivity contribution < 1.29 is 4.39 Å². The van der Waals surface area contributed by atoms with Gasteiger partial charge in [-0.2, -0.15) is 5.26 Å². The van der Waals surface area contributed by atoms with Crippen molar-refractivity contribution >= 4 is 5.69 Å². The quantitative estimate of drug-likeness (QED) is 0.815. The molecule has 2 aromatic rings. The fourth-order valence-electron chi connectivity index (χ4n) is 1.58. The third-order valence-corrected chi connectivity index (χ3v) is 2.45. The van der Waals surface area contributed by atoms with Gasteiger partial charge in [0.1, 0.15) is 11.9 Å². The Morgan fingerprint density at radius 2 is 2.33 bits per heavy atom. The van der Waals surface area contributed by atoms with Gasteiger partial charge >= 0.3 is 0 Å². The molecule has 92 valence electrons. The molecule has 0 bridgehead atoms. The number of aromatic nitrogens is 3. The van der Waals surface area contributed by atoms with E-state index in [1.807, 2.05) is 6.07 Å². The summed E-state index contributed by atoms with van der Waals surface area (Å²) in [7, 11) is 0. The number of nitrogens with one attached hydrogen (secondary N) is 1. The summed E-state index contributed by atoms with van der Waals surface area (Å²) >= 11 is 0. The Labute approximate surface area is 104 Å². The van der Waals surface area contributed by atoms with Gasteiger partial charge in [-0.1, -0.05) is 5.21 Å². The van der Waals surface area contributed by atoms with Crippen LogP contribution in [0.5, 0.6) is 0 Å². The standard InChI is InChI=1S/C12H12FN5/c13-11-2-3-12(10(8-11)9-14)15-4-1-6-18-7-5-16-17-18/h2-3,5,7-8,15H,1,4,6H2. The minimum Gasteiger partial charge on any atom is -0.384 e. The summed E-state index contributed by atoms with van der Waals surface area (Å²) in [5, 5.41) is 19.5. The van der Waals surface area contributed by atoms with Gasteiger partial charge in [0.25, 0.3) is 0 Å². The van der Waals surface area contributed by atoms with Crippen LogP contribution in [0.1, 0.15) is 12.0 Å². The normalized spacial score (nSPS) is 10.0. The highest BCUT2D eigenvalue weighted by molar-refractivity contribution is 5.57. The SMILES string of the molecule is N#Cc1cc(F)ccc1NCCCn1ccnn1. The van der Waals surface area contributed by atoms with Crippen LogP contribution in [0.2, 0.25) is 0 Å². The lowest BCUT2D eigenvalue weighted by Crippen LogP contribution is -2.08. The van der Waals surface area contributed by atoms with E-state index in [9.17, 15) is 4.39 Å². The van der Waals surface area contributed by atoms with E-state index in [-0.39, 0.29) is 0 Å². The third-order valence-electron chi connectivity index (χ3n) is 2.45. The molecule has 0 saturated heterocycles. The zero-order chi connectivity index (χ0) is 12.8. The summed E-state index contributed by atoms with van der Waals surface area (Å²) in [4.78, 5) is 0. The van der Waals surface area contributed by atoms with E-state index in [1.165, 1.54) is 12.1 Å². The van der Waals surface area contributed by atoms with Crippen molar-refractivity contribution in [3.63, 3.8) is 0 Å². The van der Waals surface area contributed by atoms with Gasteiger partial charge in [-0.25, -0.2) is 4.39 Å². The Morgan fingerprint density at radius 3 is 3.06 bits per heavy atom. The van der Waals surface area contributed by atoms with Gasteiger partial charge in [-0.15, -0.1) is 5.10 Å². The molecule has 1 aromatic heterocycles. The molecule has 2 rings (SSSR count). The summed E-state index contributed by atoms with van der Waals surface area (Å²) in [5.74, 6) is -0.403. The van der Waals surface area contributed by atoms with Crippen LogP contribution in [0.15, 0.2) is 30.6 Å². The maximum Gasteiger partial charge on any atom is 0.124 e. The molecule has 1 heterocycles. The van der Waals surface area contributed by atoms with E-state index in [0.29, 0.717) is 17.8 Å². The Morgan fingerprint density at radius 1 is 1.44 bits per heavy atom. The molecule has 0 saturated carbocycles. The average molecular weight is 245 g/mol. The van der Waals surface area contributed by atoms with Crippen molar-refractivity contribution in [3.05, 3.63) is 42.0 Å².